The van der Waals surface area contributed by atoms with Gasteiger partial charge in [0.2, 0.25) is 11.8 Å². The number of benzene rings is 2. The number of alkyl halides is 3. The van der Waals surface area contributed by atoms with Crippen LogP contribution in [0.15, 0.2) is 53.5 Å². The molecular formula is C20H17F4N3O2S. The summed E-state index contributed by atoms with van der Waals surface area (Å²) in [4.78, 5) is 30.4. The minimum absolute atomic E-state index is 0.0648. The highest BCUT2D eigenvalue weighted by atomic mass is 32.2. The summed E-state index contributed by atoms with van der Waals surface area (Å²) in [6, 6.07) is 9.69. The second-order valence-electron chi connectivity index (χ2n) is 6.39. The molecule has 1 aliphatic heterocycles. The standard InChI is InChI=1S/C20H17F4N3O2S/c1-2-27-18(29)16(11-17(28)25-14-8-6-13(21)7-9-14)30-19(27)26-15-5-3-4-12(10-15)20(22,23)24/h3-10,16H,2,11H2,1H3,(H,25,28). The highest BCUT2D eigenvalue weighted by Crippen LogP contribution is 2.34. The number of amidine groups is 1. The van der Waals surface area contributed by atoms with Crippen molar-refractivity contribution in [3.8, 4) is 0 Å². The molecule has 158 valence electrons. The molecule has 1 N–H and O–H groups in total. The van der Waals surface area contributed by atoms with E-state index >= 15 is 0 Å². The van der Waals surface area contributed by atoms with Crippen molar-refractivity contribution in [2.24, 2.45) is 4.99 Å². The predicted octanol–water partition coefficient (Wildman–Crippen LogP) is 4.82. The summed E-state index contributed by atoms with van der Waals surface area (Å²) < 4.78 is 51.7. The Labute approximate surface area is 174 Å². The third-order valence-corrected chi connectivity index (χ3v) is 5.41. The van der Waals surface area contributed by atoms with Crippen LogP contribution in [0.1, 0.15) is 18.9 Å². The molecule has 10 heteroatoms. The van der Waals surface area contributed by atoms with Crippen LogP contribution in [0, 0.1) is 5.82 Å². The largest absolute Gasteiger partial charge is 0.416 e. The van der Waals surface area contributed by atoms with Crippen molar-refractivity contribution < 1.29 is 27.2 Å². The van der Waals surface area contributed by atoms with E-state index in [1.54, 1.807) is 6.92 Å². The molecule has 3 rings (SSSR count). The maximum atomic E-state index is 13.0. The second-order valence-corrected chi connectivity index (χ2v) is 7.56. The fourth-order valence-electron chi connectivity index (χ4n) is 2.79. The van der Waals surface area contributed by atoms with Gasteiger partial charge in [0, 0.05) is 18.7 Å². The maximum absolute atomic E-state index is 13.0. The third-order valence-electron chi connectivity index (χ3n) is 4.23. The highest BCUT2D eigenvalue weighted by molar-refractivity contribution is 8.15. The highest BCUT2D eigenvalue weighted by Gasteiger charge is 2.38. The molecule has 0 spiro atoms. The van der Waals surface area contributed by atoms with Gasteiger partial charge in [0.25, 0.3) is 0 Å². The van der Waals surface area contributed by atoms with Crippen LogP contribution >= 0.6 is 11.8 Å². The summed E-state index contributed by atoms with van der Waals surface area (Å²) in [5.74, 6) is -1.23. The predicted molar refractivity (Wildman–Crippen MR) is 107 cm³/mol. The van der Waals surface area contributed by atoms with Gasteiger partial charge >= 0.3 is 6.18 Å². The van der Waals surface area contributed by atoms with E-state index < -0.39 is 28.7 Å². The number of anilines is 1. The number of halogens is 4. The molecule has 0 aliphatic carbocycles. The van der Waals surface area contributed by atoms with E-state index in [2.05, 4.69) is 10.3 Å². The number of thioether (sulfide) groups is 1. The number of nitrogens with zero attached hydrogens (tertiary/aromatic N) is 2. The van der Waals surface area contributed by atoms with E-state index in [9.17, 15) is 27.2 Å². The van der Waals surface area contributed by atoms with Gasteiger partial charge in [-0.2, -0.15) is 13.2 Å². The van der Waals surface area contributed by atoms with Crippen molar-refractivity contribution in [3.63, 3.8) is 0 Å². The lowest BCUT2D eigenvalue weighted by Crippen LogP contribution is -2.33. The zero-order valence-corrected chi connectivity index (χ0v) is 16.6. The molecule has 1 unspecified atom stereocenters. The van der Waals surface area contributed by atoms with E-state index in [4.69, 9.17) is 0 Å². The van der Waals surface area contributed by atoms with Gasteiger partial charge in [0.05, 0.1) is 11.3 Å². The number of aliphatic imine (C=N–C) groups is 1. The molecule has 0 bridgehead atoms. The van der Waals surface area contributed by atoms with Crippen molar-refractivity contribution in [1.29, 1.82) is 0 Å². The Hall–Kier alpha value is -2.88. The minimum Gasteiger partial charge on any atom is -0.326 e. The Morgan fingerprint density at radius 2 is 1.90 bits per heavy atom. The smallest absolute Gasteiger partial charge is 0.326 e. The third kappa shape index (κ3) is 5.18. The molecule has 0 saturated carbocycles. The van der Waals surface area contributed by atoms with E-state index in [1.807, 2.05) is 0 Å². The van der Waals surface area contributed by atoms with Crippen molar-refractivity contribution >= 4 is 40.1 Å². The zero-order valence-electron chi connectivity index (χ0n) is 15.7. The maximum Gasteiger partial charge on any atom is 0.416 e. The molecule has 1 aliphatic rings. The Bertz CT molecular complexity index is 977. The average molecular weight is 439 g/mol. The summed E-state index contributed by atoms with van der Waals surface area (Å²) in [6.45, 7) is 1.97. The molecule has 0 aromatic heterocycles. The average Bonchev–Trinajstić information content (AvgIpc) is 2.97. The van der Waals surface area contributed by atoms with Crippen LogP contribution in [0.2, 0.25) is 0 Å². The Balaban J connectivity index is 1.74. The van der Waals surface area contributed by atoms with Crippen LogP contribution in [0.3, 0.4) is 0 Å². The number of amides is 2. The van der Waals surface area contributed by atoms with Crippen molar-refractivity contribution in [2.45, 2.75) is 24.8 Å². The number of hydrogen-bond acceptors (Lipinski definition) is 4. The molecule has 5 nitrogen and oxygen atoms in total. The van der Waals surface area contributed by atoms with Gasteiger partial charge in [0.1, 0.15) is 11.1 Å². The monoisotopic (exact) mass is 439 g/mol. The fraction of sp³-hybridized carbons (Fsp3) is 0.250. The molecule has 2 aromatic carbocycles. The van der Waals surface area contributed by atoms with E-state index in [0.717, 1.165) is 23.9 Å². The van der Waals surface area contributed by atoms with Crippen molar-refractivity contribution in [2.75, 3.05) is 11.9 Å². The Morgan fingerprint density at radius 1 is 1.20 bits per heavy atom. The van der Waals surface area contributed by atoms with Gasteiger partial charge in [0.15, 0.2) is 5.17 Å². The molecule has 0 radical (unpaired) electrons. The summed E-state index contributed by atoms with van der Waals surface area (Å²) in [5, 5.41) is 2.07. The van der Waals surface area contributed by atoms with Crippen LogP contribution in [0.25, 0.3) is 0 Å². The molecule has 1 fully saturated rings. The topological polar surface area (TPSA) is 61.8 Å². The molecule has 1 saturated heterocycles. The lowest BCUT2D eigenvalue weighted by Gasteiger charge is -2.13. The first-order valence-electron chi connectivity index (χ1n) is 8.96. The van der Waals surface area contributed by atoms with Gasteiger partial charge in [-0.1, -0.05) is 17.8 Å². The number of nitrogens with one attached hydrogen (secondary N) is 1. The molecular weight excluding hydrogens is 422 g/mol. The molecule has 2 amide bonds. The lowest BCUT2D eigenvalue weighted by molar-refractivity contribution is -0.137. The van der Waals surface area contributed by atoms with Gasteiger partial charge in [-0.25, -0.2) is 9.38 Å². The Morgan fingerprint density at radius 3 is 2.53 bits per heavy atom. The lowest BCUT2D eigenvalue weighted by atomic mass is 10.2. The molecule has 2 aromatic rings. The van der Waals surface area contributed by atoms with Crippen molar-refractivity contribution in [3.05, 3.63) is 59.9 Å². The second kappa shape index (κ2) is 8.86. The quantitative estimate of drug-likeness (QED) is 0.680. The van der Waals surface area contributed by atoms with E-state index in [0.29, 0.717) is 5.69 Å². The zero-order chi connectivity index (χ0) is 21.9. The number of carbonyl (C=O) groups excluding carboxylic acids is 2. The number of rotatable bonds is 5. The summed E-state index contributed by atoms with van der Waals surface area (Å²) in [7, 11) is 0. The molecule has 1 heterocycles. The van der Waals surface area contributed by atoms with Crippen LogP contribution < -0.4 is 5.32 Å². The molecule has 30 heavy (non-hydrogen) atoms. The number of carbonyl (C=O) groups is 2. The first kappa shape index (κ1) is 21.8. The van der Waals surface area contributed by atoms with Crippen LogP contribution in [-0.4, -0.2) is 33.7 Å². The first-order chi connectivity index (χ1) is 14.2. The Kier molecular flexibility index (Phi) is 6.45. The first-order valence-corrected chi connectivity index (χ1v) is 9.84. The van der Waals surface area contributed by atoms with Crippen LogP contribution in [0.5, 0.6) is 0 Å². The van der Waals surface area contributed by atoms with E-state index in [1.165, 1.54) is 41.3 Å². The van der Waals surface area contributed by atoms with Crippen molar-refractivity contribution in [1.82, 2.24) is 4.90 Å². The van der Waals surface area contributed by atoms with Gasteiger partial charge in [-0.15, -0.1) is 0 Å². The summed E-state index contributed by atoms with van der Waals surface area (Å²) in [5.41, 5.74) is -0.381. The van der Waals surface area contributed by atoms with Gasteiger partial charge < -0.3 is 5.32 Å². The van der Waals surface area contributed by atoms with E-state index in [-0.39, 0.29) is 29.7 Å². The molecule has 1 atom stereocenters. The normalized spacial score (nSPS) is 18.2. The van der Waals surface area contributed by atoms with Crippen LogP contribution in [0.4, 0.5) is 28.9 Å². The summed E-state index contributed by atoms with van der Waals surface area (Å²) in [6.07, 6.45) is -4.65. The van der Waals surface area contributed by atoms with Gasteiger partial charge in [-0.05, 0) is 49.4 Å². The van der Waals surface area contributed by atoms with Crippen LogP contribution in [-0.2, 0) is 15.8 Å². The van der Waals surface area contributed by atoms with Gasteiger partial charge in [-0.3, -0.25) is 14.5 Å². The summed E-state index contributed by atoms with van der Waals surface area (Å²) >= 11 is 1.03. The fourth-order valence-corrected chi connectivity index (χ4v) is 4.01. The minimum atomic E-state index is -4.50. The number of hydrogen-bond donors (Lipinski definition) is 1. The SMILES string of the molecule is CCN1C(=O)C(CC(=O)Nc2ccc(F)cc2)SC1=Nc1cccc(C(F)(F)F)c1.